The molecule has 2 bridgehead atoms. The standard InChI is InChI=1S/C13H17NO3S/c15-12(10-6-8-1-2-9(10)5-8)14-3-4-18-7-11(14)13(16)17/h1-2,8-11H,3-7H2,(H,16,17). The number of allylic oxidation sites excluding steroid dienone is 2. The van der Waals surface area contributed by atoms with Crippen molar-refractivity contribution in [3.63, 3.8) is 0 Å². The zero-order valence-electron chi connectivity index (χ0n) is 10.1. The first-order valence-electron chi connectivity index (χ1n) is 6.46. The molecule has 4 nitrogen and oxygen atoms in total. The Kier molecular flexibility index (Phi) is 3.09. The van der Waals surface area contributed by atoms with Crippen molar-refractivity contribution in [2.24, 2.45) is 17.8 Å². The van der Waals surface area contributed by atoms with Crippen molar-refractivity contribution < 1.29 is 14.7 Å². The van der Waals surface area contributed by atoms with Crippen LogP contribution in [0.5, 0.6) is 0 Å². The molecule has 2 fully saturated rings. The van der Waals surface area contributed by atoms with Crippen molar-refractivity contribution >= 4 is 23.6 Å². The van der Waals surface area contributed by atoms with E-state index in [2.05, 4.69) is 12.2 Å². The van der Waals surface area contributed by atoms with Crippen LogP contribution < -0.4 is 0 Å². The molecule has 1 amide bonds. The van der Waals surface area contributed by atoms with Gasteiger partial charge in [0.15, 0.2) is 0 Å². The smallest absolute Gasteiger partial charge is 0.327 e. The van der Waals surface area contributed by atoms with E-state index in [4.69, 9.17) is 0 Å². The molecule has 98 valence electrons. The lowest BCUT2D eigenvalue weighted by Gasteiger charge is -2.35. The van der Waals surface area contributed by atoms with Crippen molar-refractivity contribution in [3.8, 4) is 0 Å². The molecule has 1 saturated carbocycles. The molecular weight excluding hydrogens is 250 g/mol. The number of carbonyl (C=O) groups excluding carboxylic acids is 1. The van der Waals surface area contributed by atoms with Crippen LogP contribution in [-0.4, -0.2) is 46.0 Å². The first kappa shape index (κ1) is 12.1. The topological polar surface area (TPSA) is 57.6 Å². The normalized spacial score (nSPS) is 38.1. The largest absolute Gasteiger partial charge is 0.480 e. The molecule has 0 aromatic heterocycles. The van der Waals surface area contributed by atoms with E-state index in [0.717, 1.165) is 18.6 Å². The van der Waals surface area contributed by atoms with E-state index < -0.39 is 12.0 Å². The lowest BCUT2D eigenvalue weighted by molar-refractivity contribution is -0.151. The van der Waals surface area contributed by atoms with Gasteiger partial charge in [-0.3, -0.25) is 4.79 Å². The summed E-state index contributed by atoms with van der Waals surface area (Å²) in [6.45, 7) is 0.581. The van der Waals surface area contributed by atoms with Gasteiger partial charge in [-0.1, -0.05) is 12.2 Å². The van der Waals surface area contributed by atoms with Gasteiger partial charge in [-0.2, -0.15) is 11.8 Å². The van der Waals surface area contributed by atoms with Gasteiger partial charge in [0.25, 0.3) is 0 Å². The van der Waals surface area contributed by atoms with Crippen LogP contribution in [0, 0.1) is 17.8 Å². The van der Waals surface area contributed by atoms with E-state index in [0.29, 0.717) is 24.1 Å². The summed E-state index contributed by atoms with van der Waals surface area (Å²) in [5.41, 5.74) is 0. The molecule has 0 spiro atoms. The maximum atomic E-state index is 12.5. The van der Waals surface area contributed by atoms with Crippen LogP contribution >= 0.6 is 11.8 Å². The van der Waals surface area contributed by atoms with E-state index in [1.165, 1.54) is 0 Å². The van der Waals surface area contributed by atoms with Crippen molar-refractivity contribution in [1.82, 2.24) is 4.90 Å². The van der Waals surface area contributed by atoms with E-state index in [-0.39, 0.29) is 11.8 Å². The minimum atomic E-state index is -0.866. The Balaban J connectivity index is 1.74. The number of fused-ring (bicyclic) bond motifs is 2. The highest BCUT2D eigenvalue weighted by Crippen LogP contribution is 2.44. The summed E-state index contributed by atoms with van der Waals surface area (Å²) in [6.07, 6.45) is 6.34. The zero-order valence-corrected chi connectivity index (χ0v) is 10.9. The Morgan fingerprint density at radius 2 is 2.11 bits per heavy atom. The van der Waals surface area contributed by atoms with Crippen LogP contribution in [0.3, 0.4) is 0 Å². The summed E-state index contributed by atoms with van der Waals surface area (Å²) in [5.74, 6) is 1.51. The number of thioether (sulfide) groups is 1. The van der Waals surface area contributed by atoms with Gasteiger partial charge in [0.05, 0.1) is 0 Å². The third-order valence-corrected chi connectivity index (χ3v) is 5.32. The van der Waals surface area contributed by atoms with Gasteiger partial charge in [0.1, 0.15) is 6.04 Å². The Morgan fingerprint density at radius 3 is 2.72 bits per heavy atom. The molecule has 18 heavy (non-hydrogen) atoms. The minimum absolute atomic E-state index is 0.0324. The Bertz CT molecular complexity index is 409. The number of hydrogen-bond donors (Lipinski definition) is 1. The second-order valence-electron chi connectivity index (χ2n) is 5.35. The highest BCUT2D eigenvalue weighted by Gasteiger charge is 2.44. The molecule has 5 heteroatoms. The lowest BCUT2D eigenvalue weighted by atomic mass is 9.91. The number of carbonyl (C=O) groups is 2. The van der Waals surface area contributed by atoms with Gasteiger partial charge in [0.2, 0.25) is 5.91 Å². The fourth-order valence-corrected chi connectivity index (χ4v) is 4.39. The van der Waals surface area contributed by atoms with Gasteiger partial charge < -0.3 is 10.0 Å². The summed E-state index contributed by atoms with van der Waals surface area (Å²) in [4.78, 5) is 25.4. The molecule has 1 saturated heterocycles. The molecule has 4 unspecified atom stereocenters. The van der Waals surface area contributed by atoms with E-state index >= 15 is 0 Å². The third kappa shape index (κ3) is 1.94. The van der Waals surface area contributed by atoms with Crippen molar-refractivity contribution in [2.45, 2.75) is 18.9 Å². The van der Waals surface area contributed by atoms with E-state index in [9.17, 15) is 14.7 Å². The first-order valence-corrected chi connectivity index (χ1v) is 7.61. The number of hydrogen-bond acceptors (Lipinski definition) is 3. The maximum Gasteiger partial charge on any atom is 0.327 e. The monoisotopic (exact) mass is 267 g/mol. The van der Waals surface area contributed by atoms with Gasteiger partial charge in [0, 0.05) is 24.0 Å². The first-order chi connectivity index (χ1) is 8.66. The van der Waals surface area contributed by atoms with Crippen molar-refractivity contribution in [2.75, 3.05) is 18.1 Å². The molecule has 3 rings (SSSR count). The molecule has 0 aromatic carbocycles. The molecule has 2 aliphatic carbocycles. The zero-order chi connectivity index (χ0) is 12.7. The molecule has 1 aliphatic heterocycles. The summed E-state index contributed by atoms with van der Waals surface area (Å²) in [7, 11) is 0. The quantitative estimate of drug-likeness (QED) is 0.765. The number of amides is 1. The second kappa shape index (κ2) is 4.61. The van der Waals surface area contributed by atoms with Gasteiger partial charge >= 0.3 is 5.97 Å². The van der Waals surface area contributed by atoms with Crippen LogP contribution in [-0.2, 0) is 9.59 Å². The number of nitrogens with zero attached hydrogens (tertiary/aromatic N) is 1. The number of rotatable bonds is 2. The SMILES string of the molecule is O=C(O)C1CSCCN1C(=O)C1CC2C=CC1C2. The molecule has 0 aromatic rings. The Morgan fingerprint density at radius 1 is 1.28 bits per heavy atom. The predicted molar refractivity (Wildman–Crippen MR) is 69.3 cm³/mol. The molecular formula is C13H17NO3S. The predicted octanol–water partition coefficient (Wildman–Crippen LogP) is 1.23. The summed E-state index contributed by atoms with van der Waals surface area (Å²) in [5, 5.41) is 9.21. The van der Waals surface area contributed by atoms with Crippen molar-refractivity contribution in [3.05, 3.63) is 12.2 Å². The van der Waals surface area contributed by atoms with Gasteiger partial charge in [-0.25, -0.2) is 4.79 Å². The average Bonchev–Trinajstić information content (AvgIpc) is 3.00. The average molecular weight is 267 g/mol. The van der Waals surface area contributed by atoms with Crippen LogP contribution in [0.25, 0.3) is 0 Å². The minimum Gasteiger partial charge on any atom is -0.480 e. The molecule has 0 radical (unpaired) electrons. The van der Waals surface area contributed by atoms with Crippen LogP contribution in [0.4, 0.5) is 0 Å². The maximum absolute atomic E-state index is 12.5. The molecule has 1 heterocycles. The highest BCUT2D eigenvalue weighted by molar-refractivity contribution is 7.99. The summed E-state index contributed by atoms with van der Waals surface area (Å²) >= 11 is 1.62. The Labute approximate surface area is 110 Å². The Hall–Kier alpha value is -0.970. The third-order valence-electron chi connectivity index (χ3n) is 4.29. The van der Waals surface area contributed by atoms with E-state index in [1.807, 2.05) is 0 Å². The fourth-order valence-electron chi connectivity index (χ4n) is 3.35. The van der Waals surface area contributed by atoms with E-state index in [1.54, 1.807) is 16.7 Å². The second-order valence-corrected chi connectivity index (χ2v) is 6.50. The van der Waals surface area contributed by atoms with Gasteiger partial charge in [-0.05, 0) is 24.7 Å². The van der Waals surface area contributed by atoms with Crippen LogP contribution in [0.2, 0.25) is 0 Å². The summed E-state index contributed by atoms with van der Waals surface area (Å²) < 4.78 is 0. The number of carboxylic acid groups (broad SMARTS) is 1. The molecule has 3 aliphatic rings. The fraction of sp³-hybridized carbons (Fsp3) is 0.692. The number of carboxylic acids is 1. The number of aliphatic carboxylic acids is 1. The molecule has 4 atom stereocenters. The van der Waals surface area contributed by atoms with Crippen LogP contribution in [0.15, 0.2) is 12.2 Å². The highest BCUT2D eigenvalue weighted by atomic mass is 32.2. The van der Waals surface area contributed by atoms with Crippen LogP contribution in [0.1, 0.15) is 12.8 Å². The lowest BCUT2D eigenvalue weighted by Crippen LogP contribution is -2.52. The van der Waals surface area contributed by atoms with Gasteiger partial charge in [-0.15, -0.1) is 0 Å². The van der Waals surface area contributed by atoms with Crippen molar-refractivity contribution in [1.29, 1.82) is 0 Å². The summed E-state index contributed by atoms with van der Waals surface area (Å²) in [6, 6.07) is -0.626. The molecule has 1 N–H and O–H groups in total.